The normalized spacial score (nSPS) is 10.2. The largest absolute Gasteiger partial charge is 0.504 e. The third-order valence-corrected chi connectivity index (χ3v) is 3.35. The van der Waals surface area contributed by atoms with Crippen LogP contribution in [0.2, 0.25) is 0 Å². The number of carbonyl (C=O) groups excluding carboxylic acids is 1. The number of methoxy groups -OCH3 is 1. The Balaban J connectivity index is 2.35. The summed E-state index contributed by atoms with van der Waals surface area (Å²) in [7, 11) is 1.47. The molecule has 0 atom stereocenters. The SMILES string of the molecule is COc1ccc(C(=O)NCCCCCCBr)cc1O. The number of nitrogens with one attached hydrogen (secondary N) is 1. The first kappa shape index (κ1) is 15.8. The van der Waals surface area contributed by atoms with Gasteiger partial charge in [-0.25, -0.2) is 0 Å². The van der Waals surface area contributed by atoms with Gasteiger partial charge >= 0.3 is 0 Å². The predicted octanol–water partition coefficient (Wildman–Crippen LogP) is 3.09. The highest BCUT2D eigenvalue weighted by Crippen LogP contribution is 2.26. The lowest BCUT2D eigenvalue weighted by molar-refractivity contribution is 0.0952. The molecular weight excluding hydrogens is 310 g/mol. The zero-order valence-electron chi connectivity index (χ0n) is 11.1. The van der Waals surface area contributed by atoms with Crippen LogP contribution in [0.4, 0.5) is 0 Å². The number of ether oxygens (including phenoxy) is 1. The number of rotatable bonds is 8. The molecule has 0 aromatic heterocycles. The van der Waals surface area contributed by atoms with Crippen molar-refractivity contribution in [2.24, 2.45) is 0 Å². The number of halogens is 1. The second-order valence-corrected chi connectivity index (χ2v) is 5.04. The number of amides is 1. The van der Waals surface area contributed by atoms with Crippen LogP contribution in [0, 0.1) is 0 Å². The fraction of sp³-hybridized carbons (Fsp3) is 0.500. The summed E-state index contributed by atoms with van der Waals surface area (Å²) in [6.45, 7) is 0.661. The Morgan fingerprint density at radius 3 is 2.68 bits per heavy atom. The number of hydrogen-bond acceptors (Lipinski definition) is 3. The minimum Gasteiger partial charge on any atom is -0.504 e. The van der Waals surface area contributed by atoms with Crippen molar-refractivity contribution in [3.8, 4) is 11.5 Å². The number of alkyl halides is 1. The molecule has 0 aliphatic heterocycles. The molecule has 0 aliphatic carbocycles. The highest BCUT2D eigenvalue weighted by atomic mass is 79.9. The molecule has 0 saturated heterocycles. The van der Waals surface area contributed by atoms with Crippen LogP contribution >= 0.6 is 15.9 Å². The molecule has 0 bridgehead atoms. The Labute approximate surface area is 122 Å². The maximum Gasteiger partial charge on any atom is 0.251 e. The van der Waals surface area contributed by atoms with E-state index in [4.69, 9.17) is 4.74 Å². The van der Waals surface area contributed by atoms with Crippen molar-refractivity contribution in [2.75, 3.05) is 19.0 Å². The third-order valence-electron chi connectivity index (χ3n) is 2.79. The topological polar surface area (TPSA) is 58.6 Å². The highest BCUT2D eigenvalue weighted by Gasteiger charge is 2.08. The van der Waals surface area contributed by atoms with E-state index >= 15 is 0 Å². The molecule has 4 nitrogen and oxygen atoms in total. The van der Waals surface area contributed by atoms with Gasteiger partial charge in [-0.2, -0.15) is 0 Å². The van der Waals surface area contributed by atoms with E-state index in [1.54, 1.807) is 12.1 Å². The van der Waals surface area contributed by atoms with Crippen molar-refractivity contribution in [2.45, 2.75) is 25.7 Å². The summed E-state index contributed by atoms with van der Waals surface area (Å²) in [6.07, 6.45) is 4.42. The molecule has 2 N–H and O–H groups in total. The molecule has 19 heavy (non-hydrogen) atoms. The van der Waals surface area contributed by atoms with Crippen LogP contribution in [-0.2, 0) is 0 Å². The number of aromatic hydroxyl groups is 1. The number of phenolic OH excluding ortho intramolecular Hbond substituents is 1. The smallest absolute Gasteiger partial charge is 0.251 e. The number of unbranched alkanes of at least 4 members (excludes halogenated alkanes) is 3. The summed E-state index contributed by atoms with van der Waals surface area (Å²) in [4.78, 5) is 11.8. The maximum absolute atomic E-state index is 11.8. The maximum atomic E-state index is 11.8. The standard InChI is InChI=1S/C14H20BrNO3/c1-19-13-7-6-11(10-12(13)17)14(18)16-9-5-3-2-4-8-15/h6-7,10,17H,2-5,8-9H2,1H3,(H,16,18). The lowest BCUT2D eigenvalue weighted by atomic mass is 10.1. The average molecular weight is 330 g/mol. The van der Waals surface area contributed by atoms with Crippen molar-refractivity contribution in [3.63, 3.8) is 0 Å². The summed E-state index contributed by atoms with van der Waals surface area (Å²) >= 11 is 3.39. The minimum atomic E-state index is -0.168. The van der Waals surface area contributed by atoms with Crippen molar-refractivity contribution in [1.29, 1.82) is 0 Å². The van der Waals surface area contributed by atoms with Gasteiger partial charge in [0.15, 0.2) is 11.5 Å². The molecule has 1 aromatic rings. The summed E-state index contributed by atoms with van der Waals surface area (Å²) in [6, 6.07) is 4.64. The first-order chi connectivity index (χ1) is 9.19. The summed E-state index contributed by atoms with van der Waals surface area (Å²) < 4.78 is 4.93. The monoisotopic (exact) mass is 329 g/mol. The van der Waals surface area contributed by atoms with Gasteiger partial charge in [0.25, 0.3) is 5.91 Å². The van der Waals surface area contributed by atoms with Crippen LogP contribution < -0.4 is 10.1 Å². The first-order valence-corrected chi connectivity index (χ1v) is 7.52. The number of hydrogen-bond donors (Lipinski definition) is 2. The molecule has 1 amide bonds. The molecule has 106 valence electrons. The Kier molecular flexibility index (Phi) is 7.33. The van der Waals surface area contributed by atoms with Crippen LogP contribution in [0.1, 0.15) is 36.0 Å². The fourth-order valence-corrected chi connectivity index (χ4v) is 2.10. The van der Waals surface area contributed by atoms with E-state index in [0.717, 1.165) is 18.2 Å². The highest BCUT2D eigenvalue weighted by molar-refractivity contribution is 9.09. The number of carbonyl (C=O) groups is 1. The second kappa shape index (κ2) is 8.80. The summed E-state index contributed by atoms with van der Waals surface area (Å²) in [5.74, 6) is 0.178. The number of phenols is 1. The molecule has 1 rings (SSSR count). The molecule has 1 aromatic carbocycles. The Morgan fingerprint density at radius 1 is 1.32 bits per heavy atom. The van der Waals surface area contributed by atoms with Gasteiger partial charge in [-0.15, -0.1) is 0 Å². The molecule has 0 spiro atoms. The van der Waals surface area contributed by atoms with E-state index in [9.17, 15) is 9.90 Å². The molecule has 0 heterocycles. The van der Waals surface area contributed by atoms with Crippen molar-refractivity contribution in [1.82, 2.24) is 5.32 Å². The van der Waals surface area contributed by atoms with E-state index < -0.39 is 0 Å². The molecule has 5 heteroatoms. The van der Waals surface area contributed by atoms with Gasteiger partial charge in [0.1, 0.15) is 0 Å². The molecule has 0 unspecified atom stereocenters. The van der Waals surface area contributed by atoms with E-state index in [1.807, 2.05) is 0 Å². The molecular formula is C14H20BrNO3. The van der Waals surface area contributed by atoms with E-state index in [2.05, 4.69) is 21.2 Å². The minimum absolute atomic E-state index is 0.0209. The third kappa shape index (κ3) is 5.51. The van der Waals surface area contributed by atoms with E-state index in [0.29, 0.717) is 17.9 Å². The lowest BCUT2D eigenvalue weighted by Crippen LogP contribution is -2.24. The molecule has 0 fully saturated rings. The van der Waals surface area contributed by atoms with Crippen molar-refractivity contribution >= 4 is 21.8 Å². The van der Waals surface area contributed by atoms with Crippen LogP contribution in [0.3, 0.4) is 0 Å². The van der Waals surface area contributed by atoms with Crippen LogP contribution in [0.5, 0.6) is 11.5 Å². The molecule has 0 saturated carbocycles. The first-order valence-electron chi connectivity index (χ1n) is 6.40. The van der Waals surface area contributed by atoms with Crippen molar-refractivity contribution in [3.05, 3.63) is 23.8 Å². The van der Waals surface area contributed by atoms with Gasteiger partial charge in [0, 0.05) is 17.4 Å². The van der Waals surface area contributed by atoms with Crippen LogP contribution in [0.25, 0.3) is 0 Å². The Morgan fingerprint density at radius 2 is 2.05 bits per heavy atom. The van der Waals surface area contributed by atoms with E-state index in [1.165, 1.54) is 26.0 Å². The predicted molar refractivity (Wildman–Crippen MR) is 79.3 cm³/mol. The zero-order valence-corrected chi connectivity index (χ0v) is 12.7. The lowest BCUT2D eigenvalue weighted by Gasteiger charge is -2.07. The van der Waals surface area contributed by atoms with Gasteiger partial charge in [-0.05, 0) is 31.0 Å². The summed E-state index contributed by atoms with van der Waals surface area (Å²) in [5, 5.41) is 13.5. The Hall–Kier alpha value is -1.23. The van der Waals surface area contributed by atoms with Gasteiger partial charge in [0.05, 0.1) is 7.11 Å². The number of benzene rings is 1. The van der Waals surface area contributed by atoms with Crippen LogP contribution in [0.15, 0.2) is 18.2 Å². The van der Waals surface area contributed by atoms with Gasteiger partial charge in [-0.1, -0.05) is 28.8 Å². The van der Waals surface area contributed by atoms with Crippen molar-refractivity contribution < 1.29 is 14.6 Å². The van der Waals surface area contributed by atoms with Gasteiger partial charge in [-0.3, -0.25) is 4.79 Å². The van der Waals surface area contributed by atoms with Crippen LogP contribution in [-0.4, -0.2) is 30.0 Å². The zero-order chi connectivity index (χ0) is 14.1. The second-order valence-electron chi connectivity index (χ2n) is 4.25. The quantitative estimate of drug-likeness (QED) is 0.569. The van der Waals surface area contributed by atoms with E-state index in [-0.39, 0.29) is 11.7 Å². The Bertz CT molecular complexity index is 410. The fourth-order valence-electron chi connectivity index (χ4n) is 1.71. The molecule has 0 aliphatic rings. The molecule has 0 radical (unpaired) electrons. The summed E-state index contributed by atoms with van der Waals surface area (Å²) in [5.41, 5.74) is 0.443. The van der Waals surface area contributed by atoms with Gasteiger partial charge in [0.2, 0.25) is 0 Å². The van der Waals surface area contributed by atoms with Gasteiger partial charge < -0.3 is 15.2 Å². The average Bonchev–Trinajstić information content (AvgIpc) is 2.42.